The summed E-state index contributed by atoms with van der Waals surface area (Å²) in [6, 6.07) is 5.23. The first-order valence-corrected chi connectivity index (χ1v) is 5.34. The van der Waals surface area contributed by atoms with Crippen molar-refractivity contribution in [3.8, 4) is 0 Å². The molecule has 0 bridgehead atoms. The minimum absolute atomic E-state index is 0.142. The molecule has 1 aromatic carbocycles. The predicted octanol–water partition coefficient (Wildman–Crippen LogP) is 1.95. The van der Waals surface area contributed by atoms with Gasteiger partial charge in [-0.05, 0) is 23.6 Å². The maximum Gasteiger partial charge on any atom is 0.417 e. The van der Waals surface area contributed by atoms with Crippen LogP contribution in [0.5, 0.6) is 0 Å². The highest BCUT2D eigenvalue weighted by atomic mass is 16.4. The highest BCUT2D eigenvalue weighted by Gasteiger charge is 2.21. The van der Waals surface area contributed by atoms with Gasteiger partial charge < -0.3 is 9.52 Å². The van der Waals surface area contributed by atoms with E-state index in [2.05, 4.69) is 4.98 Å². The molecular formula is C12H13NO4. The zero-order chi connectivity index (χ0) is 12.6. The summed E-state index contributed by atoms with van der Waals surface area (Å²) >= 11 is 0. The van der Waals surface area contributed by atoms with Gasteiger partial charge in [-0.15, -0.1) is 0 Å². The van der Waals surface area contributed by atoms with E-state index < -0.39 is 17.6 Å². The Hall–Kier alpha value is -2.04. The first-order chi connectivity index (χ1) is 7.99. The number of H-pyrrole nitrogens is 1. The molecule has 2 unspecified atom stereocenters. The molecule has 0 amide bonds. The van der Waals surface area contributed by atoms with Gasteiger partial charge in [0, 0.05) is 0 Å². The minimum Gasteiger partial charge on any atom is -0.481 e. The van der Waals surface area contributed by atoms with E-state index in [1.165, 1.54) is 0 Å². The van der Waals surface area contributed by atoms with Crippen LogP contribution in [0.4, 0.5) is 0 Å². The van der Waals surface area contributed by atoms with Crippen molar-refractivity contribution in [2.75, 3.05) is 0 Å². The second-order valence-corrected chi connectivity index (χ2v) is 4.19. The normalized spacial score (nSPS) is 14.7. The Labute approximate surface area is 97.1 Å². The van der Waals surface area contributed by atoms with Crippen LogP contribution < -0.4 is 5.76 Å². The summed E-state index contributed by atoms with van der Waals surface area (Å²) in [5, 5.41) is 8.95. The van der Waals surface area contributed by atoms with Gasteiger partial charge in [-0.25, -0.2) is 4.79 Å². The number of carbonyl (C=O) groups is 1. The first-order valence-electron chi connectivity index (χ1n) is 5.34. The van der Waals surface area contributed by atoms with Gasteiger partial charge >= 0.3 is 11.7 Å². The molecule has 2 rings (SSSR count). The van der Waals surface area contributed by atoms with Crippen molar-refractivity contribution in [1.29, 1.82) is 0 Å². The molecule has 1 heterocycles. The van der Waals surface area contributed by atoms with Crippen LogP contribution in [0.3, 0.4) is 0 Å². The van der Waals surface area contributed by atoms with Crippen LogP contribution in [0.2, 0.25) is 0 Å². The summed E-state index contributed by atoms with van der Waals surface area (Å²) in [5.41, 5.74) is 1.92. The maximum absolute atomic E-state index is 11.0. The average Bonchev–Trinajstić information content (AvgIpc) is 2.65. The van der Waals surface area contributed by atoms with E-state index in [4.69, 9.17) is 9.52 Å². The summed E-state index contributed by atoms with van der Waals surface area (Å²) in [6.45, 7) is 3.50. The second kappa shape index (κ2) is 4.08. The van der Waals surface area contributed by atoms with Crippen molar-refractivity contribution in [2.45, 2.75) is 19.8 Å². The predicted molar refractivity (Wildman–Crippen MR) is 62.0 cm³/mol. The average molecular weight is 235 g/mol. The van der Waals surface area contributed by atoms with Crippen molar-refractivity contribution in [3.05, 3.63) is 34.3 Å². The van der Waals surface area contributed by atoms with Gasteiger partial charge in [0.25, 0.3) is 0 Å². The lowest BCUT2D eigenvalue weighted by molar-refractivity contribution is -0.141. The van der Waals surface area contributed by atoms with Crippen LogP contribution in [-0.2, 0) is 4.79 Å². The number of fused-ring (bicyclic) bond motifs is 1. The molecule has 1 aromatic heterocycles. The Morgan fingerprint density at radius 1 is 1.41 bits per heavy atom. The standard InChI is InChI=1S/C12H13NO4/c1-6(7(2)11(14)15)8-3-4-9-10(5-8)17-12(16)13-9/h3-7H,1-2H3,(H,13,16)(H,14,15). The largest absolute Gasteiger partial charge is 0.481 e. The zero-order valence-electron chi connectivity index (χ0n) is 9.56. The monoisotopic (exact) mass is 235 g/mol. The van der Waals surface area contributed by atoms with Gasteiger partial charge in [0.2, 0.25) is 0 Å². The van der Waals surface area contributed by atoms with Crippen molar-refractivity contribution in [1.82, 2.24) is 4.98 Å². The molecule has 90 valence electrons. The van der Waals surface area contributed by atoms with Gasteiger partial charge in [0.1, 0.15) is 0 Å². The molecule has 0 aliphatic carbocycles. The number of aromatic nitrogens is 1. The number of carboxylic acids is 1. The second-order valence-electron chi connectivity index (χ2n) is 4.19. The van der Waals surface area contributed by atoms with Crippen LogP contribution in [0.15, 0.2) is 27.4 Å². The van der Waals surface area contributed by atoms with E-state index >= 15 is 0 Å². The molecule has 5 heteroatoms. The molecule has 0 fully saturated rings. The summed E-state index contributed by atoms with van der Waals surface area (Å²) in [6.07, 6.45) is 0. The lowest BCUT2D eigenvalue weighted by Gasteiger charge is -2.15. The minimum atomic E-state index is -0.840. The van der Waals surface area contributed by atoms with Crippen LogP contribution in [-0.4, -0.2) is 16.1 Å². The third-order valence-electron chi connectivity index (χ3n) is 3.11. The van der Waals surface area contributed by atoms with Crippen LogP contribution in [0.25, 0.3) is 11.1 Å². The molecule has 5 nitrogen and oxygen atoms in total. The van der Waals surface area contributed by atoms with Crippen molar-refractivity contribution >= 4 is 17.1 Å². The Morgan fingerprint density at radius 3 is 2.76 bits per heavy atom. The lowest BCUT2D eigenvalue weighted by Crippen LogP contribution is -2.16. The summed E-state index contributed by atoms with van der Waals surface area (Å²) in [5.74, 6) is -1.97. The van der Waals surface area contributed by atoms with Gasteiger partial charge in [-0.2, -0.15) is 0 Å². The molecule has 2 aromatic rings. The fourth-order valence-electron chi connectivity index (χ4n) is 1.75. The van der Waals surface area contributed by atoms with E-state index in [9.17, 15) is 9.59 Å². The van der Waals surface area contributed by atoms with Crippen LogP contribution in [0.1, 0.15) is 25.3 Å². The smallest absolute Gasteiger partial charge is 0.417 e. The molecule has 0 aliphatic rings. The number of rotatable bonds is 3. The quantitative estimate of drug-likeness (QED) is 0.851. The third-order valence-corrected chi connectivity index (χ3v) is 3.11. The number of hydrogen-bond donors (Lipinski definition) is 2. The summed E-state index contributed by atoms with van der Waals surface area (Å²) in [7, 11) is 0. The van der Waals surface area contributed by atoms with Gasteiger partial charge in [0.15, 0.2) is 5.58 Å². The first kappa shape index (κ1) is 11.4. The number of nitrogens with one attached hydrogen (secondary N) is 1. The van der Waals surface area contributed by atoms with Crippen molar-refractivity contribution in [3.63, 3.8) is 0 Å². The van der Waals surface area contributed by atoms with Crippen molar-refractivity contribution < 1.29 is 14.3 Å². The Morgan fingerprint density at radius 2 is 2.12 bits per heavy atom. The molecule has 17 heavy (non-hydrogen) atoms. The zero-order valence-corrected chi connectivity index (χ0v) is 9.56. The third kappa shape index (κ3) is 2.08. The Balaban J connectivity index is 2.42. The fraction of sp³-hybridized carbons (Fsp3) is 0.333. The Kier molecular flexibility index (Phi) is 2.75. The summed E-state index contributed by atoms with van der Waals surface area (Å²) < 4.78 is 4.94. The van der Waals surface area contributed by atoms with E-state index in [-0.39, 0.29) is 5.92 Å². The molecule has 2 atom stereocenters. The molecule has 2 N–H and O–H groups in total. The SMILES string of the molecule is CC(C(=O)O)C(C)c1ccc2[nH]c(=O)oc2c1. The number of aliphatic carboxylic acids is 1. The fourth-order valence-corrected chi connectivity index (χ4v) is 1.75. The highest BCUT2D eigenvalue weighted by molar-refractivity contribution is 5.74. The molecule has 0 radical (unpaired) electrons. The van der Waals surface area contributed by atoms with Crippen LogP contribution in [0, 0.1) is 5.92 Å². The Bertz CT molecular complexity index is 610. The van der Waals surface area contributed by atoms with E-state index in [1.807, 2.05) is 6.92 Å². The van der Waals surface area contributed by atoms with Crippen molar-refractivity contribution in [2.24, 2.45) is 5.92 Å². The number of oxazole rings is 1. The molecule has 0 saturated carbocycles. The van der Waals surface area contributed by atoms with Gasteiger partial charge in [-0.3, -0.25) is 9.78 Å². The van der Waals surface area contributed by atoms with Gasteiger partial charge in [-0.1, -0.05) is 19.9 Å². The summed E-state index contributed by atoms with van der Waals surface area (Å²) in [4.78, 5) is 24.4. The van der Waals surface area contributed by atoms with Gasteiger partial charge in [0.05, 0.1) is 11.4 Å². The molecule has 0 saturated heterocycles. The maximum atomic E-state index is 11.0. The number of aromatic amines is 1. The molecule has 0 aliphatic heterocycles. The van der Waals surface area contributed by atoms with E-state index in [0.29, 0.717) is 11.1 Å². The topological polar surface area (TPSA) is 83.3 Å². The van der Waals surface area contributed by atoms with E-state index in [0.717, 1.165) is 5.56 Å². The van der Waals surface area contributed by atoms with Crippen LogP contribution >= 0.6 is 0 Å². The highest BCUT2D eigenvalue weighted by Crippen LogP contribution is 2.26. The number of hydrogen-bond acceptors (Lipinski definition) is 3. The number of carboxylic acid groups (broad SMARTS) is 1. The lowest BCUT2D eigenvalue weighted by atomic mass is 9.89. The molecule has 0 spiro atoms. The van der Waals surface area contributed by atoms with E-state index in [1.54, 1.807) is 25.1 Å². The number of benzene rings is 1. The molecular weight excluding hydrogens is 222 g/mol.